The molecule has 0 saturated carbocycles. The quantitative estimate of drug-likeness (QED) is 0.720. The van der Waals surface area contributed by atoms with E-state index in [0.29, 0.717) is 21.8 Å². The van der Waals surface area contributed by atoms with E-state index in [0.717, 1.165) is 6.42 Å². The van der Waals surface area contributed by atoms with Gasteiger partial charge < -0.3 is 10.6 Å². The maximum absolute atomic E-state index is 12.2. The monoisotopic (exact) mass is 379 g/mol. The van der Waals surface area contributed by atoms with E-state index in [1.165, 1.54) is 17.3 Å². The molecule has 0 aliphatic heterocycles. The van der Waals surface area contributed by atoms with Crippen LogP contribution in [-0.2, 0) is 11.2 Å². The second kappa shape index (κ2) is 9.18. The number of carbonyl (C=O) groups is 1. The van der Waals surface area contributed by atoms with Gasteiger partial charge in [0.2, 0.25) is 5.91 Å². The highest BCUT2D eigenvalue weighted by molar-refractivity contribution is 6.36. The van der Waals surface area contributed by atoms with Crippen LogP contribution in [0.25, 0.3) is 0 Å². The number of halogens is 2. The lowest BCUT2D eigenvalue weighted by molar-refractivity contribution is -0.115. The summed E-state index contributed by atoms with van der Waals surface area (Å²) in [4.78, 5) is 16.2. The van der Waals surface area contributed by atoms with Crippen molar-refractivity contribution in [3.8, 4) is 0 Å². The van der Waals surface area contributed by atoms with Crippen LogP contribution in [0.4, 0.5) is 5.82 Å². The highest BCUT2D eigenvalue weighted by atomic mass is 35.5. The number of nitrogens with one attached hydrogen (secondary N) is 2. The average Bonchev–Trinajstić information content (AvgIpc) is 2.58. The number of hydrogen-bond acceptors (Lipinski definition) is 3. The van der Waals surface area contributed by atoms with Crippen molar-refractivity contribution in [1.29, 1.82) is 0 Å². The van der Waals surface area contributed by atoms with Gasteiger partial charge in [0, 0.05) is 12.2 Å². The number of hydrogen-bond donors (Lipinski definition) is 2. The molecular weight excluding hydrogens is 357 g/mol. The fourth-order valence-corrected chi connectivity index (χ4v) is 3.01. The van der Waals surface area contributed by atoms with Gasteiger partial charge in [-0.1, -0.05) is 68.2 Å². The van der Waals surface area contributed by atoms with Crippen LogP contribution in [0.15, 0.2) is 36.5 Å². The second-order valence-electron chi connectivity index (χ2n) is 6.23. The number of amides is 1. The SMILES string of the molecule is CCc1ccc([C@@H](NCC(=O)Nc2ncc(Cl)cc2Cl)C(C)C)cc1. The molecular formula is C19H23Cl2N3O. The highest BCUT2D eigenvalue weighted by Crippen LogP contribution is 2.23. The molecule has 1 aromatic heterocycles. The van der Waals surface area contributed by atoms with Crippen LogP contribution in [0.1, 0.15) is 37.9 Å². The zero-order chi connectivity index (χ0) is 18.4. The van der Waals surface area contributed by atoms with Gasteiger partial charge in [0.25, 0.3) is 0 Å². The van der Waals surface area contributed by atoms with Gasteiger partial charge in [-0.3, -0.25) is 4.79 Å². The van der Waals surface area contributed by atoms with E-state index in [9.17, 15) is 4.79 Å². The van der Waals surface area contributed by atoms with E-state index in [1.807, 2.05) is 0 Å². The van der Waals surface area contributed by atoms with Crippen LogP contribution in [0.5, 0.6) is 0 Å². The lowest BCUT2D eigenvalue weighted by atomic mass is 9.95. The molecule has 0 bridgehead atoms. The number of carbonyl (C=O) groups excluding carboxylic acids is 1. The summed E-state index contributed by atoms with van der Waals surface area (Å²) < 4.78 is 0. The molecule has 1 amide bonds. The summed E-state index contributed by atoms with van der Waals surface area (Å²) in [7, 11) is 0. The summed E-state index contributed by atoms with van der Waals surface area (Å²) >= 11 is 11.8. The molecule has 4 nitrogen and oxygen atoms in total. The summed E-state index contributed by atoms with van der Waals surface area (Å²) in [5.74, 6) is 0.455. The van der Waals surface area contributed by atoms with Gasteiger partial charge in [-0.25, -0.2) is 4.98 Å². The van der Waals surface area contributed by atoms with Crippen molar-refractivity contribution in [2.24, 2.45) is 5.92 Å². The minimum atomic E-state index is -0.201. The molecule has 6 heteroatoms. The minimum absolute atomic E-state index is 0.0882. The third kappa shape index (κ3) is 5.70. The molecule has 1 atom stereocenters. The Morgan fingerprint density at radius 2 is 1.88 bits per heavy atom. The first-order chi connectivity index (χ1) is 11.9. The first kappa shape index (κ1) is 19.7. The Labute approximate surface area is 158 Å². The van der Waals surface area contributed by atoms with Crippen molar-refractivity contribution in [3.05, 3.63) is 57.7 Å². The Morgan fingerprint density at radius 1 is 1.20 bits per heavy atom. The summed E-state index contributed by atoms with van der Waals surface area (Å²) in [6.07, 6.45) is 2.46. The topological polar surface area (TPSA) is 54.0 Å². The fourth-order valence-electron chi connectivity index (χ4n) is 2.58. The molecule has 1 heterocycles. The Hall–Kier alpha value is -1.62. The largest absolute Gasteiger partial charge is 0.308 e. The van der Waals surface area contributed by atoms with Crippen LogP contribution in [0, 0.1) is 5.92 Å². The number of aryl methyl sites for hydroxylation is 1. The smallest absolute Gasteiger partial charge is 0.239 e. The Bertz CT molecular complexity index is 717. The highest BCUT2D eigenvalue weighted by Gasteiger charge is 2.17. The maximum atomic E-state index is 12.2. The lowest BCUT2D eigenvalue weighted by Crippen LogP contribution is -2.33. The molecule has 0 unspecified atom stereocenters. The van der Waals surface area contributed by atoms with E-state index >= 15 is 0 Å². The number of rotatable bonds is 7. The van der Waals surface area contributed by atoms with Crippen molar-refractivity contribution < 1.29 is 4.79 Å². The molecule has 0 radical (unpaired) electrons. The molecule has 0 aliphatic carbocycles. The Kier molecular flexibility index (Phi) is 7.24. The summed E-state index contributed by atoms with van der Waals surface area (Å²) in [5, 5.41) is 6.76. The van der Waals surface area contributed by atoms with Crippen LogP contribution in [-0.4, -0.2) is 17.4 Å². The standard InChI is InChI=1S/C19H23Cl2N3O/c1-4-13-5-7-14(8-6-13)18(12(2)3)22-11-17(25)24-19-16(21)9-15(20)10-23-19/h5-10,12,18,22H,4,11H2,1-3H3,(H,23,24,25)/t18-/m0/s1. The number of nitrogens with zero attached hydrogens (tertiary/aromatic N) is 1. The number of anilines is 1. The first-order valence-corrected chi connectivity index (χ1v) is 9.09. The van der Waals surface area contributed by atoms with Crippen LogP contribution < -0.4 is 10.6 Å². The molecule has 25 heavy (non-hydrogen) atoms. The minimum Gasteiger partial charge on any atom is -0.308 e. The Morgan fingerprint density at radius 3 is 2.44 bits per heavy atom. The first-order valence-electron chi connectivity index (χ1n) is 8.33. The van der Waals surface area contributed by atoms with E-state index in [4.69, 9.17) is 23.2 Å². The number of pyridine rings is 1. The van der Waals surface area contributed by atoms with Crippen molar-refractivity contribution in [1.82, 2.24) is 10.3 Å². The van der Waals surface area contributed by atoms with Crippen LogP contribution in [0.2, 0.25) is 10.0 Å². The molecule has 1 aromatic carbocycles. The lowest BCUT2D eigenvalue weighted by Gasteiger charge is -2.23. The van der Waals surface area contributed by atoms with Crippen molar-refractivity contribution in [2.45, 2.75) is 33.2 Å². The van der Waals surface area contributed by atoms with Crippen molar-refractivity contribution in [3.63, 3.8) is 0 Å². The average molecular weight is 380 g/mol. The third-order valence-electron chi connectivity index (χ3n) is 3.96. The molecule has 0 spiro atoms. The van der Waals surface area contributed by atoms with Gasteiger partial charge in [0.05, 0.1) is 16.6 Å². The van der Waals surface area contributed by atoms with Gasteiger partial charge in [0.15, 0.2) is 5.82 Å². The fraction of sp³-hybridized carbons (Fsp3) is 0.368. The van der Waals surface area contributed by atoms with E-state index in [1.54, 1.807) is 6.07 Å². The second-order valence-corrected chi connectivity index (χ2v) is 7.07. The van der Waals surface area contributed by atoms with E-state index in [-0.39, 0.29) is 18.5 Å². The molecule has 0 saturated heterocycles. The molecule has 2 N–H and O–H groups in total. The molecule has 2 aromatic rings. The normalized spacial score (nSPS) is 12.2. The summed E-state index contributed by atoms with van der Waals surface area (Å²) in [5.41, 5.74) is 2.47. The predicted octanol–water partition coefficient (Wildman–Crippen LogP) is 4.88. The molecule has 2 rings (SSSR count). The van der Waals surface area contributed by atoms with Crippen molar-refractivity contribution >= 4 is 34.9 Å². The van der Waals surface area contributed by atoms with Crippen LogP contribution in [0.3, 0.4) is 0 Å². The van der Waals surface area contributed by atoms with Gasteiger partial charge in [-0.2, -0.15) is 0 Å². The predicted molar refractivity (Wildman–Crippen MR) is 104 cm³/mol. The van der Waals surface area contributed by atoms with Crippen molar-refractivity contribution in [2.75, 3.05) is 11.9 Å². The number of benzene rings is 1. The van der Waals surface area contributed by atoms with Crippen LogP contribution >= 0.6 is 23.2 Å². The van der Waals surface area contributed by atoms with Gasteiger partial charge >= 0.3 is 0 Å². The molecule has 134 valence electrons. The van der Waals surface area contributed by atoms with E-state index in [2.05, 4.69) is 60.7 Å². The summed E-state index contributed by atoms with van der Waals surface area (Å²) in [6, 6.07) is 10.1. The molecule has 0 fully saturated rings. The Balaban J connectivity index is 1.99. The van der Waals surface area contributed by atoms with Gasteiger partial charge in [-0.05, 0) is 29.5 Å². The summed E-state index contributed by atoms with van der Waals surface area (Å²) in [6.45, 7) is 6.55. The zero-order valence-electron chi connectivity index (χ0n) is 14.6. The maximum Gasteiger partial charge on any atom is 0.239 e. The van der Waals surface area contributed by atoms with E-state index < -0.39 is 0 Å². The number of aromatic nitrogens is 1. The van der Waals surface area contributed by atoms with Gasteiger partial charge in [0.1, 0.15) is 0 Å². The zero-order valence-corrected chi connectivity index (χ0v) is 16.2. The third-order valence-corrected chi connectivity index (χ3v) is 4.46. The molecule has 0 aliphatic rings. The van der Waals surface area contributed by atoms with Gasteiger partial charge in [-0.15, -0.1) is 0 Å².